The van der Waals surface area contributed by atoms with Crippen molar-refractivity contribution in [1.82, 2.24) is 40.6 Å². The number of aromatic amines is 1. The first kappa shape index (κ1) is 26.2. The van der Waals surface area contributed by atoms with E-state index in [1.165, 1.54) is 17.1 Å². The molecule has 0 aliphatic heterocycles. The number of aromatic nitrogens is 7. The number of nitrogens with zero attached hydrogens (tertiary/aromatic N) is 6. The Kier molecular flexibility index (Phi) is 7.19. The van der Waals surface area contributed by atoms with Crippen LogP contribution in [-0.2, 0) is 11.2 Å². The number of hydrogen-bond acceptors (Lipinski definition) is 8. The fourth-order valence-corrected chi connectivity index (χ4v) is 4.85. The second-order valence-electron chi connectivity index (χ2n) is 9.11. The zero-order valence-electron chi connectivity index (χ0n) is 21.2. The summed E-state index contributed by atoms with van der Waals surface area (Å²) in [5, 5.41) is 19.7. The van der Waals surface area contributed by atoms with Crippen LogP contribution in [-0.4, -0.2) is 41.2 Å². The van der Waals surface area contributed by atoms with Gasteiger partial charge in [-0.2, -0.15) is 4.68 Å². The summed E-state index contributed by atoms with van der Waals surface area (Å²) < 4.78 is 6.79. The van der Waals surface area contributed by atoms with Crippen LogP contribution in [0.1, 0.15) is 23.0 Å². The number of fused-ring (bicyclic) bond motifs is 1. The van der Waals surface area contributed by atoms with Crippen molar-refractivity contribution < 1.29 is 9.32 Å². The Morgan fingerprint density at radius 3 is 2.78 bits per heavy atom. The van der Waals surface area contributed by atoms with Crippen molar-refractivity contribution >= 4 is 52.0 Å². The highest BCUT2D eigenvalue weighted by molar-refractivity contribution is 6.32. The molecule has 0 radical (unpaired) electrons. The summed E-state index contributed by atoms with van der Waals surface area (Å²) in [5.74, 6) is 0.452. The van der Waals surface area contributed by atoms with E-state index < -0.39 is 6.04 Å². The molecule has 0 aliphatic carbocycles. The molecule has 6 aromatic rings. The van der Waals surface area contributed by atoms with Gasteiger partial charge in [-0.1, -0.05) is 64.8 Å². The molecule has 3 aromatic carbocycles. The number of hydrogen-bond donors (Lipinski definition) is 3. The summed E-state index contributed by atoms with van der Waals surface area (Å²) in [6.45, 7) is 0. The van der Waals surface area contributed by atoms with Gasteiger partial charge in [-0.05, 0) is 58.8 Å². The van der Waals surface area contributed by atoms with Gasteiger partial charge < -0.3 is 20.6 Å². The van der Waals surface area contributed by atoms with Crippen molar-refractivity contribution in [3.8, 4) is 16.9 Å². The number of amides is 1. The summed E-state index contributed by atoms with van der Waals surface area (Å²) in [6, 6.07) is 19.9. The lowest BCUT2D eigenvalue weighted by molar-refractivity contribution is -0.117. The SMILES string of the molecule is Nc1noc2cc(-c3nc([C@H](Cc4ccccc4)NC(=O)/C=C/c4cc(Cl)ccc4-n4cnnn4)[nH]c3Cl)ccc12. The van der Waals surface area contributed by atoms with Crippen molar-refractivity contribution in [2.24, 2.45) is 0 Å². The molecule has 0 spiro atoms. The molecule has 6 rings (SSSR count). The molecule has 0 unspecified atom stereocenters. The van der Waals surface area contributed by atoms with Crippen molar-refractivity contribution in [2.45, 2.75) is 12.5 Å². The van der Waals surface area contributed by atoms with Crippen LogP contribution in [0.2, 0.25) is 10.2 Å². The third kappa shape index (κ3) is 5.67. The van der Waals surface area contributed by atoms with E-state index in [1.54, 1.807) is 36.4 Å². The number of imidazole rings is 1. The van der Waals surface area contributed by atoms with E-state index in [2.05, 4.69) is 31.0 Å². The van der Waals surface area contributed by atoms with Crippen LogP contribution in [0, 0.1) is 0 Å². The van der Waals surface area contributed by atoms with Gasteiger partial charge in [0.25, 0.3) is 0 Å². The molecular weight excluding hydrogens is 565 g/mol. The topological polar surface area (TPSA) is 153 Å². The summed E-state index contributed by atoms with van der Waals surface area (Å²) in [5.41, 5.74) is 9.90. The molecule has 4 N–H and O–H groups in total. The monoisotopic (exact) mass is 585 g/mol. The van der Waals surface area contributed by atoms with Crippen LogP contribution in [0.3, 0.4) is 0 Å². The fraction of sp³-hybridized carbons (Fsp3) is 0.0714. The first-order valence-electron chi connectivity index (χ1n) is 12.4. The zero-order valence-corrected chi connectivity index (χ0v) is 22.7. The molecule has 41 heavy (non-hydrogen) atoms. The molecule has 204 valence electrons. The van der Waals surface area contributed by atoms with Crippen LogP contribution in [0.15, 0.2) is 83.7 Å². The Balaban J connectivity index is 1.29. The molecule has 0 fully saturated rings. The van der Waals surface area contributed by atoms with Crippen molar-refractivity contribution in [3.05, 3.63) is 106 Å². The highest BCUT2D eigenvalue weighted by Crippen LogP contribution is 2.32. The van der Waals surface area contributed by atoms with Gasteiger partial charge in [-0.15, -0.1) is 5.10 Å². The Hall–Kier alpha value is -5.00. The fourth-order valence-electron chi connectivity index (χ4n) is 4.42. The Labute approximate surface area is 243 Å². The molecule has 13 heteroatoms. The van der Waals surface area contributed by atoms with Gasteiger partial charge in [0.15, 0.2) is 11.4 Å². The number of H-pyrrole nitrogens is 1. The second-order valence-corrected chi connectivity index (χ2v) is 9.92. The summed E-state index contributed by atoms with van der Waals surface area (Å²) in [4.78, 5) is 21.1. The van der Waals surface area contributed by atoms with Gasteiger partial charge >= 0.3 is 0 Å². The maximum atomic E-state index is 13.2. The molecule has 3 aromatic heterocycles. The third-order valence-electron chi connectivity index (χ3n) is 6.38. The number of halogens is 2. The minimum Gasteiger partial charge on any atom is -0.380 e. The maximum Gasteiger partial charge on any atom is 0.244 e. The average molecular weight is 586 g/mol. The van der Waals surface area contributed by atoms with E-state index in [4.69, 9.17) is 38.4 Å². The van der Waals surface area contributed by atoms with Gasteiger partial charge in [0, 0.05) is 22.2 Å². The smallest absolute Gasteiger partial charge is 0.244 e. The van der Waals surface area contributed by atoms with Crippen molar-refractivity contribution in [1.29, 1.82) is 0 Å². The predicted molar refractivity (Wildman–Crippen MR) is 155 cm³/mol. The Bertz CT molecular complexity index is 1860. The number of tetrazole rings is 1. The van der Waals surface area contributed by atoms with E-state index in [-0.39, 0.29) is 5.91 Å². The van der Waals surface area contributed by atoms with Crippen molar-refractivity contribution in [2.75, 3.05) is 5.73 Å². The number of rotatable bonds is 8. The predicted octanol–water partition coefficient (Wildman–Crippen LogP) is 5.20. The lowest BCUT2D eigenvalue weighted by Crippen LogP contribution is -2.29. The lowest BCUT2D eigenvalue weighted by atomic mass is 10.1. The van der Waals surface area contributed by atoms with Crippen LogP contribution in [0.5, 0.6) is 0 Å². The number of benzene rings is 3. The van der Waals surface area contributed by atoms with E-state index in [9.17, 15) is 4.79 Å². The number of carbonyl (C=O) groups is 1. The van der Waals surface area contributed by atoms with E-state index in [0.717, 1.165) is 5.56 Å². The second kappa shape index (κ2) is 11.2. The van der Waals surface area contributed by atoms with E-state index in [0.29, 0.717) is 61.7 Å². The normalized spacial score (nSPS) is 12.2. The first-order chi connectivity index (χ1) is 19.9. The molecule has 3 heterocycles. The molecule has 0 bridgehead atoms. The number of nitrogen functional groups attached to an aromatic ring is 1. The first-order valence-corrected chi connectivity index (χ1v) is 13.2. The number of anilines is 1. The van der Waals surface area contributed by atoms with Gasteiger partial charge in [0.2, 0.25) is 5.91 Å². The number of carbonyl (C=O) groups excluding carboxylic acids is 1. The van der Waals surface area contributed by atoms with Crippen LogP contribution >= 0.6 is 23.2 Å². The summed E-state index contributed by atoms with van der Waals surface area (Å²) in [7, 11) is 0. The molecule has 0 aliphatic rings. The minimum absolute atomic E-state index is 0.307. The van der Waals surface area contributed by atoms with Crippen LogP contribution in [0.4, 0.5) is 5.82 Å². The molecule has 11 nitrogen and oxygen atoms in total. The number of nitrogens with one attached hydrogen (secondary N) is 2. The molecule has 1 amide bonds. The van der Waals surface area contributed by atoms with Crippen LogP contribution < -0.4 is 11.1 Å². The van der Waals surface area contributed by atoms with E-state index >= 15 is 0 Å². The zero-order chi connectivity index (χ0) is 28.3. The largest absolute Gasteiger partial charge is 0.380 e. The standard InChI is InChI=1S/C28H21Cl2N9O2/c29-19-8-10-22(39-15-32-37-38-39)17(13-19)7-11-24(40)33-21(12-16-4-2-1-3-5-16)28-34-25(26(30)35-28)18-6-9-20-23(14-18)41-36-27(20)31/h1-11,13-15,21H,12H2,(H2,31,36)(H,33,40)(H,34,35)/b11-7+/t21-/m0/s1. The molecular formula is C28H21Cl2N9O2. The van der Waals surface area contributed by atoms with Gasteiger partial charge in [0.05, 0.1) is 17.1 Å². The Morgan fingerprint density at radius 2 is 1.98 bits per heavy atom. The summed E-state index contributed by atoms with van der Waals surface area (Å²) in [6.07, 6.45) is 5.00. The van der Waals surface area contributed by atoms with Gasteiger partial charge in [-0.25, -0.2) is 4.98 Å². The average Bonchev–Trinajstić information content (AvgIpc) is 3.73. The highest BCUT2D eigenvalue weighted by atomic mass is 35.5. The molecule has 0 saturated heterocycles. The van der Waals surface area contributed by atoms with Crippen molar-refractivity contribution in [3.63, 3.8) is 0 Å². The summed E-state index contributed by atoms with van der Waals surface area (Å²) >= 11 is 12.8. The number of nitrogens with two attached hydrogens (primary N) is 1. The lowest BCUT2D eigenvalue weighted by Gasteiger charge is -2.16. The quantitative estimate of drug-likeness (QED) is 0.206. The minimum atomic E-state index is -0.524. The van der Waals surface area contributed by atoms with Gasteiger partial charge in [0.1, 0.15) is 23.0 Å². The highest BCUT2D eigenvalue weighted by Gasteiger charge is 2.21. The molecule has 1 atom stereocenters. The van der Waals surface area contributed by atoms with E-state index in [1.807, 2.05) is 36.4 Å². The third-order valence-corrected chi connectivity index (χ3v) is 6.89. The molecule has 0 saturated carbocycles. The maximum absolute atomic E-state index is 13.2. The van der Waals surface area contributed by atoms with Crippen LogP contribution in [0.25, 0.3) is 34.0 Å². The van der Waals surface area contributed by atoms with Gasteiger partial charge in [-0.3, -0.25) is 4.79 Å². The Morgan fingerprint density at radius 1 is 1.12 bits per heavy atom.